The maximum Gasteiger partial charge on any atom is 0.241 e. The van der Waals surface area contributed by atoms with Gasteiger partial charge in [-0.25, -0.2) is 13.1 Å². The average molecular weight is 425 g/mol. The van der Waals surface area contributed by atoms with Gasteiger partial charge >= 0.3 is 0 Å². The molecule has 0 spiro atoms. The Bertz CT molecular complexity index is 776. The summed E-state index contributed by atoms with van der Waals surface area (Å²) in [7, 11) is -3.60. The van der Waals surface area contributed by atoms with Gasteiger partial charge in [0, 0.05) is 24.1 Å². The fraction of sp³-hybridized carbons (Fsp3) is 0.333. The second kappa shape index (κ2) is 8.42. The highest BCUT2D eigenvalue weighted by Gasteiger charge is 2.24. The molecule has 0 aliphatic carbocycles. The van der Waals surface area contributed by atoms with Crippen LogP contribution in [0.4, 0.5) is 0 Å². The summed E-state index contributed by atoms with van der Waals surface area (Å²) in [5.74, 6) is 0. The number of hydrogen-bond donors (Lipinski definition) is 1. The molecule has 5 nitrogen and oxygen atoms in total. The Kier molecular flexibility index (Phi) is 6.24. The molecule has 25 heavy (non-hydrogen) atoms. The molecule has 2 aromatic rings. The van der Waals surface area contributed by atoms with Gasteiger partial charge in [0.25, 0.3) is 0 Å². The molecule has 1 aliphatic heterocycles. The average Bonchev–Trinajstić information content (AvgIpc) is 2.63. The topological polar surface area (TPSA) is 58.6 Å². The third kappa shape index (κ3) is 5.12. The molecule has 0 amide bonds. The molecular formula is C18H21BrN2O3S. The lowest BCUT2D eigenvalue weighted by Gasteiger charge is -2.31. The highest BCUT2D eigenvalue weighted by atomic mass is 79.9. The molecule has 1 fully saturated rings. The Labute approximate surface area is 157 Å². The number of hydrogen-bond acceptors (Lipinski definition) is 4. The van der Waals surface area contributed by atoms with Crippen LogP contribution < -0.4 is 4.72 Å². The number of ether oxygens (including phenoxy) is 1. The lowest BCUT2D eigenvalue weighted by atomic mass is 10.1. The first kappa shape index (κ1) is 18.5. The minimum absolute atomic E-state index is 0.263. The molecule has 134 valence electrons. The van der Waals surface area contributed by atoms with Gasteiger partial charge in [-0.1, -0.05) is 46.3 Å². The molecule has 1 heterocycles. The van der Waals surface area contributed by atoms with E-state index in [4.69, 9.17) is 4.74 Å². The first-order chi connectivity index (χ1) is 12.0. The third-order valence-electron chi connectivity index (χ3n) is 4.17. The molecule has 1 N–H and O–H groups in total. The van der Waals surface area contributed by atoms with E-state index in [2.05, 4.69) is 25.6 Å². The summed E-state index contributed by atoms with van der Waals surface area (Å²) >= 11 is 3.33. The molecule has 2 aromatic carbocycles. The van der Waals surface area contributed by atoms with Crippen LogP contribution in [0.25, 0.3) is 0 Å². The second-order valence-corrected chi connectivity index (χ2v) is 8.58. The van der Waals surface area contributed by atoms with E-state index in [0.29, 0.717) is 19.8 Å². The molecule has 0 saturated carbocycles. The standard InChI is InChI=1S/C18H21BrN2O3S/c19-16-6-8-17(9-7-16)25(22,23)20-18(15-4-2-1-3-5-15)14-21-10-12-24-13-11-21/h1-9,18,20H,10-14H2/t18-/m1/s1. The predicted molar refractivity (Wildman–Crippen MR) is 101 cm³/mol. The molecule has 0 aromatic heterocycles. The SMILES string of the molecule is O=S(=O)(N[C@H](CN1CCOCC1)c1ccccc1)c1ccc(Br)cc1. The summed E-state index contributed by atoms with van der Waals surface area (Å²) in [4.78, 5) is 2.49. The van der Waals surface area contributed by atoms with E-state index in [1.165, 1.54) is 0 Å². The Morgan fingerprint density at radius 2 is 1.68 bits per heavy atom. The van der Waals surface area contributed by atoms with E-state index in [9.17, 15) is 8.42 Å². The van der Waals surface area contributed by atoms with Crippen LogP contribution in [0.2, 0.25) is 0 Å². The van der Waals surface area contributed by atoms with Gasteiger partial charge in [-0.05, 0) is 29.8 Å². The highest BCUT2D eigenvalue weighted by molar-refractivity contribution is 9.10. The summed E-state index contributed by atoms with van der Waals surface area (Å²) < 4.78 is 34.7. The number of rotatable bonds is 6. The zero-order chi connectivity index (χ0) is 17.7. The number of halogens is 1. The number of sulfonamides is 1. The van der Waals surface area contributed by atoms with E-state index in [1.54, 1.807) is 24.3 Å². The smallest absolute Gasteiger partial charge is 0.241 e. The normalized spacial score (nSPS) is 17.3. The first-order valence-electron chi connectivity index (χ1n) is 8.17. The fourth-order valence-corrected chi connectivity index (χ4v) is 4.29. The largest absolute Gasteiger partial charge is 0.379 e. The van der Waals surface area contributed by atoms with Crippen molar-refractivity contribution in [3.05, 3.63) is 64.6 Å². The summed E-state index contributed by atoms with van der Waals surface area (Å²) in [6.07, 6.45) is 0. The number of benzene rings is 2. The molecule has 0 bridgehead atoms. The van der Waals surface area contributed by atoms with Crippen LogP contribution in [-0.2, 0) is 14.8 Å². The van der Waals surface area contributed by atoms with Crippen molar-refractivity contribution in [3.8, 4) is 0 Å². The monoisotopic (exact) mass is 424 g/mol. The van der Waals surface area contributed by atoms with Crippen molar-refractivity contribution < 1.29 is 13.2 Å². The zero-order valence-electron chi connectivity index (χ0n) is 13.8. The van der Waals surface area contributed by atoms with Gasteiger partial charge < -0.3 is 4.74 Å². The van der Waals surface area contributed by atoms with Crippen LogP contribution in [0.5, 0.6) is 0 Å². The van der Waals surface area contributed by atoms with Gasteiger partial charge in [0.15, 0.2) is 0 Å². The molecule has 0 unspecified atom stereocenters. The minimum Gasteiger partial charge on any atom is -0.379 e. The molecule has 3 rings (SSSR count). The quantitative estimate of drug-likeness (QED) is 0.774. The van der Waals surface area contributed by atoms with Crippen LogP contribution in [-0.4, -0.2) is 46.2 Å². The summed E-state index contributed by atoms with van der Waals surface area (Å²) in [6.45, 7) is 3.60. The fourth-order valence-electron chi connectivity index (χ4n) is 2.81. The lowest BCUT2D eigenvalue weighted by molar-refractivity contribution is 0.0345. The van der Waals surface area contributed by atoms with Crippen molar-refractivity contribution >= 4 is 26.0 Å². The van der Waals surface area contributed by atoms with E-state index >= 15 is 0 Å². The Morgan fingerprint density at radius 3 is 2.32 bits per heavy atom. The van der Waals surface area contributed by atoms with Gasteiger partial charge in [0.05, 0.1) is 24.2 Å². The summed E-state index contributed by atoms with van der Waals surface area (Å²) in [5, 5.41) is 0. The van der Waals surface area contributed by atoms with Gasteiger partial charge in [0.1, 0.15) is 0 Å². The molecule has 1 aliphatic rings. The maximum absolute atomic E-state index is 12.8. The van der Waals surface area contributed by atoms with Gasteiger partial charge in [-0.2, -0.15) is 0 Å². The van der Waals surface area contributed by atoms with E-state index in [0.717, 1.165) is 23.1 Å². The summed E-state index contributed by atoms with van der Waals surface area (Å²) in [6, 6.07) is 16.0. The molecule has 1 atom stereocenters. The maximum atomic E-state index is 12.8. The molecule has 7 heteroatoms. The third-order valence-corrected chi connectivity index (χ3v) is 6.18. The van der Waals surface area contributed by atoms with E-state index < -0.39 is 10.0 Å². The predicted octanol–water partition coefficient (Wildman–Crippen LogP) is 2.80. The van der Waals surface area contributed by atoms with E-state index in [1.807, 2.05) is 30.3 Å². The van der Waals surface area contributed by atoms with Crippen molar-refractivity contribution in [3.63, 3.8) is 0 Å². The number of morpholine rings is 1. The van der Waals surface area contributed by atoms with Gasteiger partial charge in [0.2, 0.25) is 10.0 Å². The van der Waals surface area contributed by atoms with Crippen molar-refractivity contribution in [1.82, 2.24) is 9.62 Å². The van der Waals surface area contributed by atoms with Crippen molar-refractivity contribution in [2.24, 2.45) is 0 Å². The Morgan fingerprint density at radius 1 is 1.04 bits per heavy atom. The number of nitrogens with zero attached hydrogens (tertiary/aromatic N) is 1. The van der Waals surface area contributed by atoms with Crippen LogP contribution in [0.3, 0.4) is 0 Å². The molecule has 0 radical (unpaired) electrons. The van der Waals surface area contributed by atoms with Crippen LogP contribution in [0, 0.1) is 0 Å². The second-order valence-electron chi connectivity index (χ2n) is 5.95. The highest BCUT2D eigenvalue weighted by Crippen LogP contribution is 2.20. The number of nitrogens with one attached hydrogen (secondary N) is 1. The van der Waals surface area contributed by atoms with Crippen LogP contribution in [0.15, 0.2) is 64.0 Å². The lowest BCUT2D eigenvalue weighted by Crippen LogP contribution is -2.43. The van der Waals surface area contributed by atoms with E-state index in [-0.39, 0.29) is 10.9 Å². The molecule has 1 saturated heterocycles. The summed E-state index contributed by atoms with van der Waals surface area (Å²) in [5.41, 5.74) is 0.953. The molecular weight excluding hydrogens is 404 g/mol. The van der Waals surface area contributed by atoms with Crippen molar-refractivity contribution in [2.45, 2.75) is 10.9 Å². The van der Waals surface area contributed by atoms with Crippen LogP contribution in [0.1, 0.15) is 11.6 Å². The van der Waals surface area contributed by atoms with Gasteiger partial charge in [-0.3, -0.25) is 4.90 Å². The van der Waals surface area contributed by atoms with Crippen molar-refractivity contribution in [1.29, 1.82) is 0 Å². The first-order valence-corrected chi connectivity index (χ1v) is 10.5. The Balaban J connectivity index is 1.82. The van der Waals surface area contributed by atoms with Gasteiger partial charge in [-0.15, -0.1) is 0 Å². The minimum atomic E-state index is -3.60. The zero-order valence-corrected chi connectivity index (χ0v) is 16.2. The van der Waals surface area contributed by atoms with Crippen molar-refractivity contribution in [2.75, 3.05) is 32.8 Å². The van der Waals surface area contributed by atoms with Crippen LogP contribution >= 0.6 is 15.9 Å². The Hall–Kier alpha value is -1.25.